The number of hydrogen-bond acceptors (Lipinski definition) is 6. The second-order valence-electron chi connectivity index (χ2n) is 6.36. The Morgan fingerprint density at radius 3 is 1.90 bits per heavy atom. The molecule has 0 radical (unpaired) electrons. The molecule has 0 unspecified atom stereocenters. The van der Waals surface area contributed by atoms with Gasteiger partial charge in [-0.2, -0.15) is 0 Å². The fraction of sp³-hybridized carbons (Fsp3) is 0. The lowest BCUT2D eigenvalue weighted by Crippen LogP contribution is -1.82. The molecule has 0 spiro atoms. The highest BCUT2D eigenvalue weighted by Gasteiger charge is 2.22. The van der Waals surface area contributed by atoms with Gasteiger partial charge in [-0.1, -0.05) is 48.0 Å². The van der Waals surface area contributed by atoms with Crippen molar-refractivity contribution in [1.82, 2.24) is 15.2 Å². The van der Waals surface area contributed by atoms with Crippen molar-refractivity contribution in [2.45, 2.75) is 9.99 Å². The first-order valence-electron chi connectivity index (χ1n) is 9.15. The average molecular weight is 432 g/mol. The molecule has 0 N–H and O–H groups in total. The molecule has 5 aromatic rings. The average Bonchev–Trinajstić information content (AvgIpc) is 3.44. The fourth-order valence-corrected chi connectivity index (χ4v) is 3.80. The van der Waals surface area contributed by atoms with Gasteiger partial charge >= 0.3 is 0 Å². The standard InChI is InChI=1S/C23H14ClN3O2S/c24-17-11-13-18(14-12-17)30-23-19(25-20(29-23)15-7-3-1-4-8-15)22-27-26-21(28-22)16-9-5-2-6-10-16/h1-14H. The Morgan fingerprint density at radius 2 is 1.23 bits per heavy atom. The molecular weight excluding hydrogens is 418 g/mol. The van der Waals surface area contributed by atoms with Crippen molar-refractivity contribution in [2.75, 3.05) is 0 Å². The van der Waals surface area contributed by atoms with E-state index < -0.39 is 0 Å². The number of aromatic nitrogens is 3. The first-order valence-corrected chi connectivity index (χ1v) is 10.3. The zero-order valence-electron chi connectivity index (χ0n) is 15.5. The normalized spacial score (nSPS) is 11.0. The number of rotatable bonds is 5. The fourth-order valence-electron chi connectivity index (χ4n) is 2.84. The number of benzene rings is 3. The summed E-state index contributed by atoms with van der Waals surface area (Å²) >= 11 is 7.43. The Hall–Kier alpha value is -3.35. The van der Waals surface area contributed by atoms with Crippen LogP contribution in [-0.4, -0.2) is 15.2 Å². The highest BCUT2D eigenvalue weighted by molar-refractivity contribution is 7.99. The summed E-state index contributed by atoms with van der Waals surface area (Å²) in [5.74, 6) is 1.22. The van der Waals surface area contributed by atoms with E-state index in [9.17, 15) is 0 Å². The minimum absolute atomic E-state index is 0.302. The highest BCUT2D eigenvalue weighted by atomic mass is 35.5. The van der Waals surface area contributed by atoms with E-state index in [0.717, 1.165) is 16.0 Å². The van der Waals surface area contributed by atoms with Crippen molar-refractivity contribution in [3.63, 3.8) is 0 Å². The largest absolute Gasteiger partial charge is 0.429 e. The highest BCUT2D eigenvalue weighted by Crippen LogP contribution is 2.39. The van der Waals surface area contributed by atoms with Gasteiger partial charge in [-0.15, -0.1) is 10.2 Å². The summed E-state index contributed by atoms with van der Waals surface area (Å²) in [6.07, 6.45) is 0. The summed E-state index contributed by atoms with van der Waals surface area (Å²) in [5, 5.41) is 9.63. The van der Waals surface area contributed by atoms with Crippen LogP contribution in [0.3, 0.4) is 0 Å². The Morgan fingerprint density at radius 1 is 0.633 bits per heavy atom. The van der Waals surface area contributed by atoms with E-state index in [2.05, 4.69) is 15.2 Å². The van der Waals surface area contributed by atoms with Gasteiger partial charge in [0.1, 0.15) is 0 Å². The predicted molar refractivity (Wildman–Crippen MR) is 116 cm³/mol. The Bertz CT molecular complexity index is 1270. The van der Waals surface area contributed by atoms with Crippen molar-refractivity contribution in [3.05, 3.63) is 90.0 Å². The van der Waals surface area contributed by atoms with Gasteiger partial charge in [-0.05, 0) is 60.3 Å². The van der Waals surface area contributed by atoms with Crippen LogP contribution in [-0.2, 0) is 0 Å². The molecule has 0 fully saturated rings. The van der Waals surface area contributed by atoms with Crippen molar-refractivity contribution < 1.29 is 8.83 Å². The minimum Gasteiger partial charge on any atom is -0.429 e. The molecule has 0 amide bonds. The van der Waals surface area contributed by atoms with Crippen LogP contribution in [0.2, 0.25) is 5.02 Å². The van der Waals surface area contributed by atoms with Gasteiger partial charge < -0.3 is 8.83 Å². The SMILES string of the molecule is Clc1ccc(Sc2oc(-c3ccccc3)nc2-c2nnc(-c3ccccc3)o2)cc1. The molecule has 146 valence electrons. The van der Waals surface area contributed by atoms with Crippen LogP contribution in [0.5, 0.6) is 0 Å². The van der Waals surface area contributed by atoms with Crippen LogP contribution in [0.4, 0.5) is 0 Å². The molecule has 5 rings (SSSR count). The Kier molecular flexibility index (Phi) is 5.09. The van der Waals surface area contributed by atoms with Crippen molar-refractivity contribution in [1.29, 1.82) is 0 Å². The molecule has 0 aliphatic rings. The van der Waals surface area contributed by atoms with Crippen LogP contribution in [0, 0.1) is 0 Å². The van der Waals surface area contributed by atoms with Crippen LogP contribution < -0.4 is 0 Å². The monoisotopic (exact) mass is 431 g/mol. The topological polar surface area (TPSA) is 65.0 Å². The van der Waals surface area contributed by atoms with E-state index in [4.69, 9.17) is 20.4 Å². The van der Waals surface area contributed by atoms with Gasteiger partial charge in [0, 0.05) is 21.0 Å². The van der Waals surface area contributed by atoms with Crippen LogP contribution in [0.15, 0.2) is 104 Å². The summed E-state index contributed by atoms with van der Waals surface area (Å²) in [6, 6.07) is 26.8. The zero-order chi connectivity index (χ0) is 20.3. The van der Waals surface area contributed by atoms with E-state index in [0.29, 0.717) is 33.5 Å². The number of nitrogens with zero attached hydrogens (tertiary/aromatic N) is 3. The molecule has 2 aromatic heterocycles. The van der Waals surface area contributed by atoms with Gasteiger partial charge in [-0.25, -0.2) is 4.98 Å². The van der Waals surface area contributed by atoms with Gasteiger partial charge in [0.2, 0.25) is 11.8 Å². The van der Waals surface area contributed by atoms with Gasteiger partial charge in [-0.3, -0.25) is 0 Å². The smallest absolute Gasteiger partial charge is 0.271 e. The van der Waals surface area contributed by atoms with Crippen molar-refractivity contribution in [2.24, 2.45) is 0 Å². The van der Waals surface area contributed by atoms with E-state index in [1.807, 2.05) is 84.9 Å². The van der Waals surface area contributed by atoms with Crippen LogP contribution in [0.1, 0.15) is 0 Å². The molecule has 7 heteroatoms. The third kappa shape index (κ3) is 3.87. The Balaban J connectivity index is 1.56. The van der Waals surface area contributed by atoms with E-state index in [-0.39, 0.29) is 0 Å². The molecule has 2 heterocycles. The Labute approximate surface area is 181 Å². The summed E-state index contributed by atoms with van der Waals surface area (Å²) in [5.41, 5.74) is 2.21. The summed E-state index contributed by atoms with van der Waals surface area (Å²) in [7, 11) is 0. The third-order valence-electron chi connectivity index (χ3n) is 4.29. The summed E-state index contributed by atoms with van der Waals surface area (Å²) < 4.78 is 12.0. The molecule has 0 saturated heterocycles. The van der Waals surface area contributed by atoms with E-state index in [1.54, 1.807) is 0 Å². The maximum atomic E-state index is 6.10. The molecule has 0 saturated carbocycles. The lowest BCUT2D eigenvalue weighted by molar-refractivity contribution is 0.482. The second-order valence-corrected chi connectivity index (χ2v) is 7.84. The first-order chi connectivity index (χ1) is 14.8. The molecule has 3 aromatic carbocycles. The zero-order valence-corrected chi connectivity index (χ0v) is 17.1. The lowest BCUT2D eigenvalue weighted by Gasteiger charge is -1.99. The lowest BCUT2D eigenvalue weighted by atomic mass is 10.2. The van der Waals surface area contributed by atoms with Crippen LogP contribution >= 0.6 is 23.4 Å². The van der Waals surface area contributed by atoms with Crippen molar-refractivity contribution >= 4 is 23.4 Å². The molecule has 5 nitrogen and oxygen atoms in total. The third-order valence-corrected chi connectivity index (χ3v) is 5.51. The molecule has 0 aliphatic carbocycles. The maximum absolute atomic E-state index is 6.10. The number of oxazole rings is 1. The van der Waals surface area contributed by atoms with E-state index in [1.165, 1.54) is 11.8 Å². The molecular formula is C23H14ClN3O2S. The quantitative estimate of drug-likeness (QED) is 0.302. The summed E-state index contributed by atoms with van der Waals surface area (Å²) in [6.45, 7) is 0. The predicted octanol–water partition coefficient (Wildman–Crippen LogP) is 6.86. The first kappa shape index (κ1) is 18.7. The number of hydrogen-bond donors (Lipinski definition) is 0. The van der Waals surface area contributed by atoms with Gasteiger partial charge in [0.05, 0.1) is 0 Å². The van der Waals surface area contributed by atoms with Crippen molar-refractivity contribution in [3.8, 4) is 34.5 Å². The minimum atomic E-state index is 0.302. The van der Waals surface area contributed by atoms with Gasteiger partial charge in [0.25, 0.3) is 5.89 Å². The summed E-state index contributed by atoms with van der Waals surface area (Å²) in [4.78, 5) is 5.62. The maximum Gasteiger partial charge on any atom is 0.271 e. The molecule has 0 atom stereocenters. The van der Waals surface area contributed by atoms with E-state index >= 15 is 0 Å². The molecule has 0 aliphatic heterocycles. The molecule has 0 bridgehead atoms. The molecule has 30 heavy (non-hydrogen) atoms. The number of halogens is 1. The second kappa shape index (κ2) is 8.18. The van der Waals surface area contributed by atoms with Gasteiger partial charge in [0.15, 0.2) is 10.8 Å². The van der Waals surface area contributed by atoms with Crippen LogP contribution in [0.25, 0.3) is 34.5 Å².